The maximum Gasteiger partial charge on any atom is 0.257 e. The zero-order chi connectivity index (χ0) is 17.5. The molecule has 1 unspecified atom stereocenters. The summed E-state index contributed by atoms with van der Waals surface area (Å²) < 4.78 is 10.3. The largest absolute Gasteiger partial charge is 0.497 e. The van der Waals surface area contributed by atoms with Crippen molar-refractivity contribution < 1.29 is 14.3 Å². The number of amides is 1. The van der Waals surface area contributed by atoms with Gasteiger partial charge in [0.1, 0.15) is 17.3 Å². The predicted molar refractivity (Wildman–Crippen MR) is 92.9 cm³/mol. The van der Waals surface area contributed by atoms with Crippen molar-refractivity contribution in [2.75, 3.05) is 24.9 Å². The Bertz CT molecular complexity index is 666. The van der Waals surface area contributed by atoms with Crippen molar-refractivity contribution in [3.63, 3.8) is 0 Å². The fraction of sp³-hybridized carbons (Fsp3) is 0.353. The van der Waals surface area contributed by atoms with E-state index >= 15 is 0 Å². The van der Waals surface area contributed by atoms with E-state index in [-0.39, 0.29) is 5.91 Å². The van der Waals surface area contributed by atoms with Crippen LogP contribution in [0.2, 0.25) is 0 Å². The van der Waals surface area contributed by atoms with Crippen LogP contribution in [0, 0.1) is 0 Å². The topological polar surface area (TPSA) is 85.4 Å². The number of methoxy groups -OCH3 is 2. The molecule has 1 heterocycles. The molecule has 0 bridgehead atoms. The third-order valence-corrected chi connectivity index (χ3v) is 3.53. The highest BCUT2D eigenvalue weighted by atomic mass is 16.5. The Hall–Kier alpha value is -2.83. The van der Waals surface area contributed by atoms with Crippen molar-refractivity contribution in [2.45, 2.75) is 26.3 Å². The van der Waals surface area contributed by atoms with Crippen LogP contribution in [0.1, 0.15) is 30.6 Å². The Kier molecular flexibility index (Phi) is 5.95. The third-order valence-electron chi connectivity index (χ3n) is 3.53. The molecule has 0 saturated carbocycles. The van der Waals surface area contributed by atoms with E-state index in [0.29, 0.717) is 34.7 Å². The second-order valence-corrected chi connectivity index (χ2v) is 5.31. The minimum Gasteiger partial charge on any atom is -0.497 e. The lowest BCUT2D eigenvalue weighted by molar-refractivity contribution is 0.102. The monoisotopic (exact) mass is 330 g/mol. The molecular weight excluding hydrogens is 308 g/mol. The van der Waals surface area contributed by atoms with Crippen LogP contribution in [0.25, 0.3) is 0 Å². The van der Waals surface area contributed by atoms with Crippen molar-refractivity contribution in [2.24, 2.45) is 0 Å². The van der Waals surface area contributed by atoms with Gasteiger partial charge < -0.3 is 20.1 Å². The summed E-state index contributed by atoms with van der Waals surface area (Å²) >= 11 is 0. The summed E-state index contributed by atoms with van der Waals surface area (Å²) in [4.78, 5) is 12.4. The van der Waals surface area contributed by atoms with Crippen molar-refractivity contribution in [3.8, 4) is 11.5 Å². The quantitative estimate of drug-likeness (QED) is 0.812. The van der Waals surface area contributed by atoms with Gasteiger partial charge in [-0.3, -0.25) is 4.79 Å². The summed E-state index contributed by atoms with van der Waals surface area (Å²) in [7, 11) is 3.07. The molecule has 1 atom stereocenters. The molecule has 1 aromatic carbocycles. The number of rotatable bonds is 7. The van der Waals surface area contributed by atoms with Gasteiger partial charge in [0.2, 0.25) is 0 Å². The van der Waals surface area contributed by atoms with Gasteiger partial charge in [-0.15, -0.1) is 10.2 Å². The second kappa shape index (κ2) is 8.14. The van der Waals surface area contributed by atoms with Crippen molar-refractivity contribution in [1.82, 2.24) is 10.2 Å². The van der Waals surface area contributed by atoms with E-state index in [1.807, 2.05) is 0 Å². The lowest BCUT2D eigenvalue weighted by atomic mass is 10.2. The molecule has 7 heteroatoms. The summed E-state index contributed by atoms with van der Waals surface area (Å²) in [6.07, 6.45) is 0.984. The van der Waals surface area contributed by atoms with Gasteiger partial charge in [0.25, 0.3) is 5.91 Å². The Morgan fingerprint density at radius 1 is 1.08 bits per heavy atom. The molecule has 2 rings (SSSR count). The first-order chi connectivity index (χ1) is 11.5. The van der Waals surface area contributed by atoms with Crippen LogP contribution in [0.15, 0.2) is 30.3 Å². The second-order valence-electron chi connectivity index (χ2n) is 5.31. The maximum atomic E-state index is 12.4. The Labute approximate surface area is 141 Å². The molecule has 2 aromatic rings. The number of benzene rings is 1. The molecule has 2 N–H and O–H groups in total. The molecule has 7 nitrogen and oxygen atoms in total. The predicted octanol–water partition coefficient (Wildman–Crippen LogP) is 2.96. The molecule has 0 fully saturated rings. The van der Waals surface area contributed by atoms with E-state index < -0.39 is 0 Å². The number of carbonyl (C=O) groups is 1. The average molecular weight is 330 g/mol. The molecule has 0 aliphatic heterocycles. The lowest BCUT2D eigenvalue weighted by Crippen LogP contribution is -2.16. The van der Waals surface area contributed by atoms with Gasteiger partial charge in [-0.05, 0) is 37.6 Å². The first-order valence-corrected chi connectivity index (χ1v) is 7.70. The van der Waals surface area contributed by atoms with E-state index in [9.17, 15) is 4.79 Å². The maximum absolute atomic E-state index is 12.4. The molecule has 0 radical (unpaired) electrons. The molecule has 1 amide bonds. The number of ether oxygens (including phenoxy) is 2. The van der Waals surface area contributed by atoms with Crippen LogP contribution in [-0.2, 0) is 0 Å². The molecular formula is C17H22N4O3. The van der Waals surface area contributed by atoms with Gasteiger partial charge in [-0.2, -0.15) is 0 Å². The zero-order valence-electron chi connectivity index (χ0n) is 14.3. The summed E-state index contributed by atoms with van der Waals surface area (Å²) in [6, 6.07) is 8.75. The first-order valence-electron chi connectivity index (χ1n) is 7.70. The summed E-state index contributed by atoms with van der Waals surface area (Å²) in [5.74, 6) is 1.81. The van der Waals surface area contributed by atoms with Gasteiger partial charge >= 0.3 is 0 Å². The fourth-order valence-corrected chi connectivity index (χ4v) is 1.96. The van der Waals surface area contributed by atoms with Crippen molar-refractivity contribution in [1.29, 1.82) is 0 Å². The smallest absolute Gasteiger partial charge is 0.257 e. The van der Waals surface area contributed by atoms with Crippen LogP contribution in [0.3, 0.4) is 0 Å². The number of hydrogen-bond acceptors (Lipinski definition) is 6. The molecule has 0 spiro atoms. The van der Waals surface area contributed by atoms with Crippen molar-refractivity contribution >= 4 is 17.5 Å². The van der Waals surface area contributed by atoms with E-state index in [4.69, 9.17) is 9.47 Å². The van der Waals surface area contributed by atoms with Crippen molar-refractivity contribution in [3.05, 3.63) is 35.9 Å². The average Bonchev–Trinajstić information content (AvgIpc) is 2.62. The van der Waals surface area contributed by atoms with Crippen LogP contribution >= 0.6 is 0 Å². The highest BCUT2D eigenvalue weighted by Gasteiger charge is 2.11. The SMILES string of the molecule is CCC(C)Nc1ccc(NC(=O)c2cc(OC)cc(OC)c2)nn1. The van der Waals surface area contributed by atoms with Crippen LogP contribution in [0.4, 0.5) is 11.6 Å². The summed E-state index contributed by atoms with van der Waals surface area (Å²) in [5.41, 5.74) is 0.412. The Balaban J connectivity index is 2.09. The molecule has 24 heavy (non-hydrogen) atoms. The molecule has 0 aliphatic carbocycles. The molecule has 1 aromatic heterocycles. The summed E-state index contributed by atoms with van der Waals surface area (Å²) in [6.45, 7) is 4.15. The van der Waals surface area contributed by atoms with Crippen LogP contribution < -0.4 is 20.1 Å². The standard InChI is InChI=1S/C17H22N4O3/c1-5-11(2)18-15-6-7-16(21-20-15)19-17(22)12-8-13(23-3)10-14(9-12)24-4/h6-11H,5H2,1-4H3,(H,18,20)(H,19,21,22). The third kappa shape index (κ3) is 4.58. The van der Waals surface area contributed by atoms with Gasteiger partial charge in [-0.25, -0.2) is 0 Å². The fourth-order valence-electron chi connectivity index (χ4n) is 1.96. The minimum atomic E-state index is -0.316. The highest BCUT2D eigenvalue weighted by Crippen LogP contribution is 2.23. The summed E-state index contributed by atoms with van der Waals surface area (Å²) in [5, 5.41) is 14.0. The number of nitrogens with one attached hydrogen (secondary N) is 2. The van der Waals surface area contributed by atoms with E-state index in [0.717, 1.165) is 6.42 Å². The van der Waals surface area contributed by atoms with E-state index in [1.165, 1.54) is 14.2 Å². The van der Waals surface area contributed by atoms with Gasteiger partial charge in [-0.1, -0.05) is 6.92 Å². The van der Waals surface area contributed by atoms with Gasteiger partial charge in [0.15, 0.2) is 5.82 Å². The van der Waals surface area contributed by atoms with Crippen LogP contribution in [0.5, 0.6) is 11.5 Å². The zero-order valence-corrected chi connectivity index (χ0v) is 14.3. The number of hydrogen-bond donors (Lipinski definition) is 2. The molecule has 128 valence electrons. The Morgan fingerprint density at radius 3 is 2.17 bits per heavy atom. The highest BCUT2D eigenvalue weighted by molar-refractivity contribution is 6.04. The molecule has 0 saturated heterocycles. The lowest BCUT2D eigenvalue weighted by Gasteiger charge is -2.12. The van der Waals surface area contributed by atoms with E-state index in [2.05, 4.69) is 34.7 Å². The Morgan fingerprint density at radius 2 is 1.67 bits per heavy atom. The molecule has 0 aliphatic rings. The van der Waals surface area contributed by atoms with Gasteiger partial charge in [0.05, 0.1) is 14.2 Å². The van der Waals surface area contributed by atoms with E-state index in [1.54, 1.807) is 30.3 Å². The minimum absolute atomic E-state index is 0.309. The van der Waals surface area contributed by atoms with Gasteiger partial charge in [0, 0.05) is 17.7 Å². The normalized spacial score (nSPS) is 11.5. The van der Waals surface area contributed by atoms with Crippen LogP contribution in [-0.4, -0.2) is 36.4 Å². The first kappa shape index (κ1) is 17.5. The number of nitrogens with zero attached hydrogens (tertiary/aromatic N) is 2. The number of aromatic nitrogens is 2. The number of anilines is 2. The number of carbonyl (C=O) groups excluding carboxylic acids is 1.